The smallest absolute Gasteiger partial charge is 0.345 e. The molecule has 0 N–H and O–H groups in total. The topological polar surface area (TPSA) is 43.0 Å². The number of hydrogen-bond donors (Lipinski definition) is 0. The molecule has 0 aliphatic carbocycles. The van der Waals surface area contributed by atoms with Crippen molar-refractivity contribution in [2.24, 2.45) is 5.41 Å². The predicted octanol–water partition coefficient (Wildman–Crippen LogP) is -0.682. The summed E-state index contributed by atoms with van der Waals surface area (Å²) in [7, 11) is 0. The van der Waals surface area contributed by atoms with Crippen LogP contribution in [0.15, 0.2) is 35.4 Å². The van der Waals surface area contributed by atoms with Crippen LogP contribution < -0.4 is 27.1 Å². The van der Waals surface area contributed by atoms with Crippen molar-refractivity contribution in [3.8, 4) is 0 Å². The van der Waals surface area contributed by atoms with E-state index in [-0.39, 0.29) is 40.3 Å². The van der Waals surface area contributed by atoms with Crippen molar-refractivity contribution in [3.05, 3.63) is 40.9 Å². The van der Waals surface area contributed by atoms with Gasteiger partial charge in [-0.05, 0) is 18.6 Å². The molecule has 1 heterocycles. The van der Waals surface area contributed by atoms with Crippen molar-refractivity contribution in [2.75, 3.05) is 0 Å². The zero-order valence-corrected chi connectivity index (χ0v) is 15.2. The van der Waals surface area contributed by atoms with Crippen LogP contribution in [0.2, 0.25) is 0 Å². The number of Topliss-reactive ketones (excluding diaryl/α,β-unsaturated/α-hetero) is 1. The molecule has 0 atom stereocenters. The highest BCUT2D eigenvalue weighted by molar-refractivity contribution is 5.83. The summed E-state index contributed by atoms with van der Waals surface area (Å²) in [6, 6.07) is 7.46. The molecule has 0 amide bonds. The number of fused-ring (bicyclic) bond motifs is 1. The molecule has 0 saturated carbocycles. The third kappa shape index (κ3) is 3.83. The van der Waals surface area contributed by atoms with Crippen LogP contribution in [0.4, 0.5) is 0 Å². The summed E-state index contributed by atoms with van der Waals surface area (Å²) in [5, 5.41) is 0.662. The zero-order chi connectivity index (χ0) is 15.6. The Morgan fingerprint density at radius 1 is 1.23 bits per heavy atom. The van der Waals surface area contributed by atoms with Gasteiger partial charge in [-0.25, -0.2) is 9.36 Å². The van der Waals surface area contributed by atoms with Gasteiger partial charge in [0.2, 0.25) is 6.33 Å². The SMILES string of the molecule is CCCn1c[n+](CC(=O)C(C)(C)C)c2ccccc2c1=O.[Br-]. The summed E-state index contributed by atoms with van der Waals surface area (Å²) in [5.41, 5.74) is 0.430. The number of carbonyl (C=O) groups excluding carboxylic acids is 1. The van der Waals surface area contributed by atoms with E-state index in [0.29, 0.717) is 11.9 Å². The molecule has 2 rings (SSSR count). The fourth-order valence-corrected chi connectivity index (χ4v) is 2.26. The molecule has 5 heteroatoms. The maximum absolute atomic E-state index is 12.4. The Balaban J connectivity index is 0.00000242. The minimum Gasteiger partial charge on any atom is -1.00 e. The number of aromatic nitrogens is 2. The summed E-state index contributed by atoms with van der Waals surface area (Å²) in [6.07, 6.45) is 2.66. The van der Waals surface area contributed by atoms with E-state index in [1.807, 2.05) is 56.5 Å². The molecule has 2 aromatic rings. The second-order valence-corrected chi connectivity index (χ2v) is 6.43. The van der Waals surface area contributed by atoms with Crippen LogP contribution in [0.3, 0.4) is 0 Å². The predicted molar refractivity (Wildman–Crippen MR) is 83.2 cm³/mol. The molecule has 0 bridgehead atoms. The number of aryl methyl sites for hydroxylation is 1. The first-order valence-electron chi connectivity index (χ1n) is 7.39. The van der Waals surface area contributed by atoms with E-state index in [1.54, 1.807) is 10.9 Å². The van der Waals surface area contributed by atoms with Crippen molar-refractivity contribution < 1.29 is 26.3 Å². The molecular formula is C17H23BrN2O2. The van der Waals surface area contributed by atoms with E-state index in [2.05, 4.69) is 0 Å². The number of para-hydroxylation sites is 1. The Hall–Kier alpha value is -1.49. The lowest BCUT2D eigenvalue weighted by Gasteiger charge is -2.16. The van der Waals surface area contributed by atoms with Gasteiger partial charge in [-0.2, -0.15) is 4.57 Å². The molecule has 1 aromatic heterocycles. The number of ketones is 1. The summed E-state index contributed by atoms with van der Waals surface area (Å²) in [6.45, 7) is 8.73. The lowest BCUT2D eigenvalue weighted by molar-refractivity contribution is -0.663. The molecule has 0 saturated heterocycles. The fraction of sp³-hybridized carbons (Fsp3) is 0.471. The second kappa shape index (κ2) is 7.18. The summed E-state index contributed by atoms with van der Waals surface area (Å²) in [4.78, 5) is 24.7. The van der Waals surface area contributed by atoms with Crippen molar-refractivity contribution in [1.82, 2.24) is 4.57 Å². The van der Waals surface area contributed by atoms with Crippen molar-refractivity contribution in [3.63, 3.8) is 0 Å². The zero-order valence-electron chi connectivity index (χ0n) is 13.6. The highest BCUT2D eigenvalue weighted by atomic mass is 79.9. The Kier molecular flexibility index (Phi) is 6.06. The van der Waals surface area contributed by atoms with Crippen LogP contribution in [0.5, 0.6) is 0 Å². The molecule has 0 aliphatic rings. The van der Waals surface area contributed by atoms with Crippen LogP contribution in [0.1, 0.15) is 34.1 Å². The quantitative estimate of drug-likeness (QED) is 0.672. The van der Waals surface area contributed by atoms with E-state index in [1.165, 1.54) is 0 Å². The van der Waals surface area contributed by atoms with Gasteiger partial charge in [0.1, 0.15) is 17.4 Å². The van der Waals surface area contributed by atoms with Gasteiger partial charge < -0.3 is 17.0 Å². The van der Waals surface area contributed by atoms with E-state index in [9.17, 15) is 9.59 Å². The lowest BCUT2D eigenvalue weighted by Crippen LogP contribution is -3.00. The van der Waals surface area contributed by atoms with E-state index in [0.717, 1.165) is 11.9 Å². The highest BCUT2D eigenvalue weighted by Crippen LogP contribution is 2.14. The van der Waals surface area contributed by atoms with E-state index >= 15 is 0 Å². The maximum atomic E-state index is 12.4. The monoisotopic (exact) mass is 366 g/mol. The van der Waals surface area contributed by atoms with Gasteiger partial charge in [-0.15, -0.1) is 0 Å². The number of nitrogens with zero attached hydrogens (tertiary/aromatic N) is 2. The van der Waals surface area contributed by atoms with Gasteiger partial charge in [0.25, 0.3) is 0 Å². The Morgan fingerprint density at radius 3 is 2.45 bits per heavy atom. The third-order valence-electron chi connectivity index (χ3n) is 3.60. The minimum absolute atomic E-state index is 0. The molecule has 0 spiro atoms. The van der Waals surface area contributed by atoms with Gasteiger partial charge in [-0.1, -0.05) is 39.8 Å². The largest absolute Gasteiger partial charge is 1.00 e. The average molecular weight is 367 g/mol. The molecular weight excluding hydrogens is 344 g/mol. The highest BCUT2D eigenvalue weighted by Gasteiger charge is 2.25. The molecule has 120 valence electrons. The minimum atomic E-state index is -0.389. The molecule has 4 nitrogen and oxygen atoms in total. The van der Waals surface area contributed by atoms with Crippen molar-refractivity contribution in [2.45, 2.75) is 47.2 Å². The van der Waals surface area contributed by atoms with Crippen molar-refractivity contribution >= 4 is 16.7 Å². The van der Waals surface area contributed by atoms with Gasteiger partial charge in [0.15, 0.2) is 5.78 Å². The number of hydrogen-bond acceptors (Lipinski definition) is 2. The Labute approximate surface area is 141 Å². The van der Waals surface area contributed by atoms with Gasteiger partial charge in [0.05, 0.1) is 6.54 Å². The molecule has 1 aromatic carbocycles. The van der Waals surface area contributed by atoms with Crippen LogP contribution in [-0.2, 0) is 17.9 Å². The summed E-state index contributed by atoms with van der Waals surface area (Å²) < 4.78 is 3.58. The number of rotatable bonds is 4. The normalized spacial score (nSPS) is 11.3. The van der Waals surface area contributed by atoms with Gasteiger partial charge >= 0.3 is 5.56 Å². The maximum Gasteiger partial charge on any atom is 0.345 e. The first-order valence-corrected chi connectivity index (χ1v) is 7.39. The van der Waals surface area contributed by atoms with Gasteiger partial charge in [-0.3, -0.25) is 4.79 Å². The fourth-order valence-electron chi connectivity index (χ4n) is 2.26. The first-order chi connectivity index (χ1) is 9.84. The third-order valence-corrected chi connectivity index (χ3v) is 3.60. The lowest BCUT2D eigenvalue weighted by atomic mass is 9.91. The van der Waals surface area contributed by atoms with Crippen molar-refractivity contribution in [1.29, 1.82) is 0 Å². The molecule has 0 aliphatic heterocycles. The molecule has 22 heavy (non-hydrogen) atoms. The Morgan fingerprint density at radius 2 is 1.86 bits per heavy atom. The number of benzene rings is 1. The van der Waals surface area contributed by atoms with E-state index in [4.69, 9.17) is 0 Å². The van der Waals surface area contributed by atoms with Crippen LogP contribution >= 0.6 is 0 Å². The van der Waals surface area contributed by atoms with Gasteiger partial charge in [0, 0.05) is 5.41 Å². The molecule has 0 radical (unpaired) electrons. The average Bonchev–Trinajstić information content (AvgIpc) is 2.43. The molecule has 0 unspecified atom stereocenters. The van der Waals surface area contributed by atoms with Crippen LogP contribution in [-0.4, -0.2) is 10.4 Å². The van der Waals surface area contributed by atoms with Crippen LogP contribution in [0, 0.1) is 5.41 Å². The summed E-state index contributed by atoms with van der Waals surface area (Å²) >= 11 is 0. The van der Waals surface area contributed by atoms with Crippen LogP contribution in [0.25, 0.3) is 10.9 Å². The second-order valence-electron chi connectivity index (χ2n) is 6.43. The van der Waals surface area contributed by atoms with E-state index < -0.39 is 0 Å². The summed E-state index contributed by atoms with van der Waals surface area (Å²) in [5.74, 6) is 0.152. The standard InChI is InChI=1S/C17H23N2O2.BrH/c1-5-10-18-12-19(11-15(20)17(2,3)4)14-9-7-6-8-13(14)16(18)21;/h6-9,12H,5,10-11H2,1-4H3;1H/q+1;/p-1. The number of halogens is 1. The number of carbonyl (C=O) groups is 1. The first kappa shape index (κ1) is 18.6. The molecule has 0 fully saturated rings. The Bertz CT molecular complexity index is 729.